The molecule has 22 heavy (non-hydrogen) atoms. The van der Waals surface area contributed by atoms with Gasteiger partial charge in [-0.1, -0.05) is 48.5 Å². The van der Waals surface area contributed by atoms with Crippen LogP contribution in [0.3, 0.4) is 0 Å². The van der Waals surface area contributed by atoms with Crippen molar-refractivity contribution in [2.45, 2.75) is 6.54 Å². The number of aromatic nitrogens is 3. The van der Waals surface area contributed by atoms with E-state index in [1.807, 2.05) is 36.4 Å². The molecule has 2 aromatic heterocycles. The second-order valence-corrected chi connectivity index (χ2v) is 5.25. The molecule has 0 atom stereocenters. The van der Waals surface area contributed by atoms with Gasteiger partial charge in [0.25, 0.3) is 0 Å². The highest BCUT2D eigenvalue weighted by atomic mass is 15.1. The van der Waals surface area contributed by atoms with Crippen molar-refractivity contribution in [1.29, 1.82) is 0 Å². The van der Waals surface area contributed by atoms with Gasteiger partial charge in [-0.2, -0.15) is 4.98 Å². The molecule has 0 radical (unpaired) electrons. The van der Waals surface area contributed by atoms with Crippen LogP contribution in [0.5, 0.6) is 0 Å². The maximum Gasteiger partial charge on any atom is 0.222 e. The summed E-state index contributed by atoms with van der Waals surface area (Å²) in [5.74, 6) is 0.613. The summed E-state index contributed by atoms with van der Waals surface area (Å²) in [6.45, 7) is 0.711. The van der Waals surface area contributed by atoms with Crippen molar-refractivity contribution in [2.75, 3.05) is 11.5 Å². The topological polar surface area (TPSA) is 82.8 Å². The summed E-state index contributed by atoms with van der Waals surface area (Å²) >= 11 is 0. The van der Waals surface area contributed by atoms with Crippen LogP contribution in [0.1, 0.15) is 5.56 Å². The number of nitrogens with zero attached hydrogens (tertiary/aromatic N) is 3. The molecule has 5 heteroatoms. The van der Waals surface area contributed by atoms with Crippen LogP contribution in [0.25, 0.3) is 21.9 Å². The Balaban J connectivity index is 2.06. The van der Waals surface area contributed by atoms with E-state index in [4.69, 9.17) is 11.5 Å². The van der Waals surface area contributed by atoms with Crippen molar-refractivity contribution in [1.82, 2.24) is 14.5 Å². The average Bonchev–Trinajstić information content (AvgIpc) is 2.83. The van der Waals surface area contributed by atoms with Crippen molar-refractivity contribution in [3.63, 3.8) is 0 Å². The summed E-state index contributed by atoms with van der Waals surface area (Å²) in [5, 5.41) is 1.04. The van der Waals surface area contributed by atoms with Crippen LogP contribution in [0.2, 0.25) is 0 Å². The molecule has 4 N–H and O–H groups in total. The molecule has 0 aliphatic carbocycles. The van der Waals surface area contributed by atoms with Crippen molar-refractivity contribution in [3.8, 4) is 0 Å². The second kappa shape index (κ2) is 4.73. The number of anilines is 2. The van der Waals surface area contributed by atoms with E-state index in [2.05, 4.69) is 32.7 Å². The van der Waals surface area contributed by atoms with E-state index >= 15 is 0 Å². The van der Waals surface area contributed by atoms with Crippen LogP contribution in [0.15, 0.2) is 54.6 Å². The minimum absolute atomic E-state index is 0.201. The fraction of sp³-hybridized carbons (Fsp3) is 0.0588. The summed E-state index contributed by atoms with van der Waals surface area (Å²) in [6, 6.07) is 18.3. The normalized spacial score (nSPS) is 11.3. The van der Waals surface area contributed by atoms with Gasteiger partial charge in [-0.25, -0.2) is 4.98 Å². The van der Waals surface area contributed by atoms with E-state index in [0.717, 1.165) is 21.9 Å². The minimum Gasteiger partial charge on any atom is -0.382 e. The van der Waals surface area contributed by atoms with Crippen LogP contribution in [0, 0.1) is 0 Å². The number of hydrogen-bond acceptors (Lipinski definition) is 4. The zero-order valence-corrected chi connectivity index (χ0v) is 11.9. The molecule has 108 valence electrons. The number of nitrogens with two attached hydrogens (primary N) is 2. The highest BCUT2D eigenvalue weighted by Crippen LogP contribution is 2.31. The Labute approximate surface area is 127 Å². The average molecular weight is 289 g/mol. The summed E-state index contributed by atoms with van der Waals surface area (Å²) in [7, 11) is 0. The fourth-order valence-electron chi connectivity index (χ4n) is 2.90. The first-order chi connectivity index (χ1) is 10.7. The van der Waals surface area contributed by atoms with E-state index in [0.29, 0.717) is 12.4 Å². The zero-order chi connectivity index (χ0) is 15.1. The maximum absolute atomic E-state index is 6.12. The van der Waals surface area contributed by atoms with Crippen molar-refractivity contribution in [2.24, 2.45) is 0 Å². The quantitative estimate of drug-likeness (QED) is 0.594. The third kappa shape index (κ3) is 1.87. The van der Waals surface area contributed by atoms with Crippen LogP contribution >= 0.6 is 0 Å². The van der Waals surface area contributed by atoms with E-state index in [9.17, 15) is 0 Å². The van der Waals surface area contributed by atoms with Gasteiger partial charge in [0.15, 0.2) is 5.82 Å². The van der Waals surface area contributed by atoms with Gasteiger partial charge < -0.3 is 16.0 Å². The summed E-state index contributed by atoms with van der Waals surface area (Å²) < 4.78 is 2.15. The Kier molecular flexibility index (Phi) is 2.72. The van der Waals surface area contributed by atoms with Gasteiger partial charge in [0.2, 0.25) is 5.95 Å². The molecule has 5 nitrogen and oxygen atoms in total. The van der Waals surface area contributed by atoms with E-state index in [-0.39, 0.29) is 5.95 Å². The van der Waals surface area contributed by atoms with Crippen molar-refractivity contribution >= 4 is 33.7 Å². The summed E-state index contributed by atoms with van der Waals surface area (Å²) in [4.78, 5) is 8.52. The highest BCUT2D eigenvalue weighted by molar-refractivity contribution is 6.09. The summed E-state index contributed by atoms with van der Waals surface area (Å²) in [6.07, 6.45) is 0. The van der Waals surface area contributed by atoms with E-state index in [1.54, 1.807) is 0 Å². The van der Waals surface area contributed by atoms with Crippen LogP contribution < -0.4 is 11.5 Å². The second-order valence-electron chi connectivity index (χ2n) is 5.25. The third-order valence-corrected chi connectivity index (χ3v) is 3.83. The third-order valence-electron chi connectivity index (χ3n) is 3.83. The number of para-hydroxylation sites is 1. The molecular weight excluding hydrogens is 274 g/mol. The van der Waals surface area contributed by atoms with Gasteiger partial charge >= 0.3 is 0 Å². The van der Waals surface area contributed by atoms with Crippen molar-refractivity contribution in [3.05, 3.63) is 60.2 Å². The lowest BCUT2D eigenvalue weighted by Gasteiger charge is -2.08. The lowest BCUT2D eigenvalue weighted by Crippen LogP contribution is -2.05. The van der Waals surface area contributed by atoms with Gasteiger partial charge in [-0.15, -0.1) is 0 Å². The molecule has 0 saturated carbocycles. The molecule has 0 spiro atoms. The molecule has 0 aliphatic heterocycles. The predicted octanol–water partition coefficient (Wildman–Crippen LogP) is 2.80. The first-order valence-corrected chi connectivity index (χ1v) is 7.08. The van der Waals surface area contributed by atoms with Crippen molar-refractivity contribution < 1.29 is 0 Å². The largest absolute Gasteiger partial charge is 0.382 e. The number of rotatable bonds is 2. The molecule has 4 rings (SSSR count). The smallest absolute Gasteiger partial charge is 0.222 e. The van der Waals surface area contributed by atoms with Gasteiger partial charge in [-0.05, 0) is 11.6 Å². The number of benzene rings is 2. The Bertz CT molecular complexity index is 973. The predicted molar refractivity (Wildman–Crippen MR) is 89.4 cm³/mol. The molecule has 0 unspecified atom stereocenters. The molecule has 0 aliphatic rings. The molecule has 2 heterocycles. The first kappa shape index (κ1) is 12.6. The Morgan fingerprint density at radius 3 is 2.41 bits per heavy atom. The SMILES string of the molecule is Nc1nc(N)c2c(n1)c1ccccc1n2Cc1ccccc1. The lowest BCUT2D eigenvalue weighted by molar-refractivity contribution is 0.867. The highest BCUT2D eigenvalue weighted by Gasteiger charge is 2.15. The lowest BCUT2D eigenvalue weighted by atomic mass is 10.2. The molecule has 0 amide bonds. The van der Waals surface area contributed by atoms with Crippen LogP contribution in [0.4, 0.5) is 11.8 Å². The van der Waals surface area contributed by atoms with Crippen LogP contribution in [-0.4, -0.2) is 14.5 Å². The molecule has 0 saturated heterocycles. The molecule has 0 bridgehead atoms. The summed E-state index contributed by atoms with van der Waals surface area (Å²) in [5.41, 5.74) is 15.8. The molecule has 0 fully saturated rings. The Hall–Kier alpha value is -3.08. The Morgan fingerprint density at radius 2 is 1.59 bits per heavy atom. The first-order valence-electron chi connectivity index (χ1n) is 7.08. The van der Waals surface area contributed by atoms with Gasteiger partial charge in [0.1, 0.15) is 11.0 Å². The standard InChI is InChI=1S/C17H15N5/c18-16-15-14(20-17(19)21-16)12-8-4-5-9-13(12)22(15)10-11-6-2-1-3-7-11/h1-9H,10H2,(H4,18,19,20,21). The van der Waals surface area contributed by atoms with Gasteiger partial charge in [-0.3, -0.25) is 0 Å². The maximum atomic E-state index is 6.12. The molecule has 2 aromatic carbocycles. The van der Waals surface area contributed by atoms with Gasteiger partial charge in [0, 0.05) is 11.9 Å². The number of nitrogen functional groups attached to an aromatic ring is 2. The Morgan fingerprint density at radius 1 is 0.864 bits per heavy atom. The number of hydrogen-bond donors (Lipinski definition) is 2. The van der Waals surface area contributed by atoms with Crippen LogP contribution in [-0.2, 0) is 6.54 Å². The monoisotopic (exact) mass is 289 g/mol. The minimum atomic E-state index is 0.201. The van der Waals surface area contributed by atoms with E-state index < -0.39 is 0 Å². The molecule has 4 aromatic rings. The van der Waals surface area contributed by atoms with Gasteiger partial charge in [0.05, 0.1) is 5.52 Å². The molecular formula is C17H15N5. The fourth-order valence-corrected chi connectivity index (χ4v) is 2.90. The zero-order valence-electron chi connectivity index (χ0n) is 11.9. The number of fused-ring (bicyclic) bond motifs is 3. The van der Waals surface area contributed by atoms with E-state index in [1.165, 1.54) is 5.56 Å².